The maximum atomic E-state index is 13.9. The van der Waals surface area contributed by atoms with Crippen LogP contribution in [0.3, 0.4) is 0 Å². The molecule has 0 saturated carbocycles. The molecule has 3 heterocycles. The maximum absolute atomic E-state index is 13.9. The molecule has 3 rings (SSSR count). The van der Waals surface area contributed by atoms with E-state index in [1.54, 1.807) is 0 Å². The lowest BCUT2D eigenvalue weighted by molar-refractivity contribution is 0.0917. The van der Waals surface area contributed by atoms with Crippen LogP contribution < -0.4 is 5.32 Å². The molecule has 1 saturated heterocycles. The quantitative estimate of drug-likeness (QED) is 0.816. The number of pyridine rings is 1. The summed E-state index contributed by atoms with van der Waals surface area (Å²) in [5.41, 5.74) is 0.204. The van der Waals surface area contributed by atoms with E-state index in [9.17, 15) is 14.4 Å². The lowest BCUT2D eigenvalue weighted by Gasteiger charge is -2.29. The Bertz CT molecular complexity index is 634. The smallest absolute Gasteiger partial charge is 0.253 e. The molecule has 3 aliphatic rings. The second-order valence-electron chi connectivity index (χ2n) is 5.43. The minimum Gasteiger partial charge on any atom is -0.427 e. The first-order valence-electron chi connectivity index (χ1n) is 6.90. The molecule has 6 nitrogen and oxygen atoms in total. The Labute approximate surface area is 121 Å². The summed E-state index contributed by atoms with van der Waals surface area (Å²) in [6.07, 6.45) is 4.20. The number of carbonyl (C=O) groups excluding carboxylic acids is 1. The molecule has 0 bridgehead atoms. The molecule has 21 heavy (non-hydrogen) atoms. The topological polar surface area (TPSA) is 70.4 Å². The highest BCUT2D eigenvalue weighted by Gasteiger charge is 2.26. The Morgan fingerprint density at radius 1 is 1.48 bits per heavy atom. The molecule has 7 heteroatoms. The van der Waals surface area contributed by atoms with Crippen molar-refractivity contribution in [2.75, 3.05) is 20.1 Å². The maximum Gasteiger partial charge on any atom is 0.253 e. The number of rotatable bonds is 2. The third-order valence-corrected chi connectivity index (χ3v) is 3.93. The second-order valence-corrected chi connectivity index (χ2v) is 5.43. The van der Waals surface area contributed by atoms with Gasteiger partial charge in [0.2, 0.25) is 0 Å². The van der Waals surface area contributed by atoms with Crippen LogP contribution in [-0.4, -0.2) is 51.9 Å². The molecule has 0 unspecified atom stereocenters. The number of aromatic nitrogens is 2. The normalized spacial score (nSPS) is 17.2. The lowest BCUT2D eigenvalue weighted by Crippen LogP contribution is -2.43. The van der Waals surface area contributed by atoms with Crippen LogP contribution in [0.4, 0.5) is 4.39 Å². The number of piperidine rings is 1. The molecular formula is C14H17FN4O2. The molecule has 112 valence electrons. The van der Waals surface area contributed by atoms with E-state index in [0.717, 1.165) is 38.2 Å². The lowest BCUT2D eigenvalue weighted by atomic mass is 10.0. The average molecular weight is 292 g/mol. The van der Waals surface area contributed by atoms with Crippen LogP contribution in [-0.2, 0) is 0 Å². The summed E-state index contributed by atoms with van der Waals surface area (Å²) in [5, 5.41) is 12.5. The minimum absolute atomic E-state index is 0.0449. The van der Waals surface area contributed by atoms with Gasteiger partial charge in [0.1, 0.15) is 5.82 Å². The van der Waals surface area contributed by atoms with Crippen molar-refractivity contribution in [3.05, 3.63) is 29.8 Å². The van der Waals surface area contributed by atoms with Crippen molar-refractivity contribution < 1.29 is 14.4 Å². The Kier molecular flexibility index (Phi) is 3.50. The van der Waals surface area contributed by atoms with Gasteiger partial charge in [0, 0.05) is 18.4 Å². The van der Waals surface area contributed by atoms with Crippen molar-refractivity contribution in [3.63, 3.8) is 0 Å². The van der Waals surface area contributed by atoms with E-state index in [0.29, 0.717) is 4.73 Å². The van der Waals surface area contributed by atoms with E-state index >= 15 is 0 Å². The molecule has 2 N–H and O–H groups in total. The van der Waals surface area contributed by atoms with E-state index < -0.39 is 5.82 Å². The summed E-state index contributed by atoms with van der Waals surface area (Å²) >= 11 is 0. The molecule has 1 fully saturated rings. The first-order chi connectivity index (χ1) is 10.1. The number of hydrogen-bond donors (Lipinski definition) is 2. The van der Waals surface area contributed by atoms with Gasteiger partial charge >= 0.3 is 0 Å². The van der Waals surface area contributed by atoms with Gasteiger partial charge in [-0.25, -0.2) is 9.37 Å². The fourth-order valence-electron chi connectivity index (χ4n) is 2.66. The number of nitrogens with zero attached hydrogens (tertiary/aromatic N) is 3. The van der Waals surface area contributed by atoms with Gasteiger partial charge < -0.3 is 15.4 Å². The predicted molar refractivity (Wildman–Crippen MR) is 74.0 cm³/mol. The highest BCUT2D eigenvalue weighted by Crippen LogP contribution is 2.27. The van der Waals surface area contributed by atoms with Crippen LogP contribution in [0.1, 0.15) is 23.2 Å². The Morgan fingerprint density at radius 2 is 2.19 bits per heavy atom. The predicted octanol–water partition coefficient (Wildman–Crippen LogP) is 1.19. The number of amides is 1. The first kappa shape index (κ1) is 13.8. The fraction of sp³-hybridized carbons (Fsp3) is 0.429. The Balaban J connectivity index is 1.80. The van der Waals surface area contributed by atoms with E-state index in [4.69, 9.17) is 0 Å². The molecular weight excluding hydrogens is 275 g/mol. The Hall–Kier alpha value is -2.15. The van der Waals surface area contributed by atoms with E-state index in [-0.39, 0.29) is 28.9 Å². The highest BCUT2D eigenvalue weighted by atomic mass is 19.1. The molecule has 0 aliphatic carbocycles. The van der Waals surface area contributed by atoms with Gasteiger partial charge in [0.25, 0.3) is 5.91 Å². The number of likely N-dealkylation sites (tertiary alicyclic amines) is 1. The van der Waals surface area contributed by atoms with Crippen molar-refractivity contribution in [1.29, 1.82) is 0 Å². The molecule has 0 radical (unpaired) electrons. The van der Waals surface area contributed by atoms with Gasteiger partial charge in [-0.05, 0) is 39.0 Å². The molecule has 3 aliphatic heterocycles. The van der Waals surface area contributed by atoms with Gasteiger partial charge in [-0.1, -0.05) is 0 Å². The highest BCUT2D eigenvalue weighted by molar-refractivity contribution is 6.00. The van der Waals surface area contributed by atoms with Gasteiger partial charge in [-0.15, -0.1) is 0 Å². The van der Waals surface area contributed by atoms with E-state index in [2.05, 4.69) is 15.2 Å². The monoisotopic (exact) mass is 292 g/mol. The number of carbonyl (C=O) groups is 1. The Morgan fingerprint density at radius 3 is 2.90 bits per heavy atom. The molecule has 0 spiro atoms. The van der Waals surface area contributed by atoms with Crippen LogP contribution in [0.25, 0.3) is 11.4 Å². The summed E-state index contributed by atoms with van der Waals surface area (Å²) in [6.45, 7) is 1.85. The minimum atomic E-state index is -0.568. The molecule has 0 atom stereocenters. The molecule has 0 aromatic heterocycles. The van der Waals surface area contributed by atoms with Crippen molar-refractivity contribution in [2.24, 2.45) is 0 Å². The number of hydrogen-bond acceptors (Lipinski definition) is 4. The number of halogens is 1. The number of nitrogens with one attached hydrogen (secondary N) is 1. The zero-order valence-corrected chi connectivity index (χ0v) is 11.7. The van der Waals surface area contributed by atoms with E-state index in [1.165, 1.54) is 6.20 Å². The zero-order valence-electron chi connectivity index (χ0n) is 11.7. The SMILES string of the molecule is CN1CCC(NC(=O)c2cnc3n(O)ccc(F)c2-3)CC1. The first-order valence-corrected chi connectivity index (χ1v) is 6.90. The summed E-state index contributed by atoms with van der Waals surface area (Å²) in [6, 6.07) is 1.20. The van der Waals surface area contributed by atoms with Gasteiger partial charge in [0.05, 0.1) is 11.1 Å². The zero-order chi connectivity index (χ0) is 15.0. The summed E-state index contributed by atoms with van der Waals surface area (Å²) in [5.74, 6) is -0.873. The van der Waals surface area contributed by atoms with Crippen LogP contribution >= 0.6 is 0 Å². The van der Waals surface area contributed by atoms with E-state index in [1.807, 2.05) is 7.05 Å². The average Bonchev–Trinajstić information content (AvgIpc) is 2.92. The van der Waals surface area contributed by atoms with Crippen LogP contribution in [0, 0.1) is 5.82 Å². The van der Waals surface area contributed by atoms with Crippen molar-refractivity contribution in [3.8, 4) is 11.4 Å². The molecule has 0 aromatic carbocycles. The second kappa shape index (κ2) is 5.33. The van der Waals surface area contributed by atoms with Crippen LogP contribution in [0.5, 0.6) is 0 Å². The standard InChI is InChI=1S/C14H17FN4O2/c1-18-5-2-9(3-6-18)17-14(20)10-8-16-13-12(10)11(15)4-7-19(13)21/h4,7-9,21H,2-3,5-6H2,1H3,(H,17,20). The number of fused-ring (bicyclic) bond motifs is 1. The van der Waals surface area contributed by atoms with Crippen LogP contribution in [0.15, 0.2) is 18.5 Å². The molecule has 1 amide bonds. The summed E-state index contributed by atoms with van der Waals surface area (Å²) in [4.78, 5) is 18.4. The summed E-state index contributed by atoms with van der Waals surface area (Å²) in [7, 11) is 2.04. The largest absolute Gasteiger partial charge is 0.427 e. The van der Waals surface area contributed by atoms with Gasteiger partial charge in [0.15, 0.2) is 5.82 Å². The van der Waals surface area contributed by atoms with Crippen LogP contribution in [0.2, 0.25) is 0 Å². The molecule has 0 aromatic rings. The van der Waals surface area contributed by atoms with Crippen molar-refractivity contribution >= 4 is 5.91 Å². The van der Waals surface area contributed by atoms with Gasteiger partial charge in [-0.2, -0.15) is 4.73 Å². The third kappa shape index (κ3) is 2.56. The van der Waals surface area contributed by atoms with Gasteiger partial charge in [-0.3, -0.25) is 4.79 Å². The van der Waals surface area contributed by atoms with Crippen molar-refractivity contribution in [1.82, 2.24) is 19.9 Å². The third-order valence-electron chi connectivity index (χ3n) is 3.93. The van der Waals surface area contributed by atoms with Crippen molar-refractivity contribution in [2.45, 2.75) is 18.9 Å². The fourth-order valence-corrected chi connectivity index (χ4v) is 2.66. The summed E-state index contributed by atoms with van der Waals surface area (Å²) < 4.78 is 14.6.